The first-order chi connectivity index (χ1) is 9.04. The van der Waals surface area contributed by atoms with E-state index in [4.69, 9.17) is 5.14 Å². The van der Waals surface area contributed by atoms with Crippen LogP contribution in [0.4, 0.5) is 0 Å². The minimum atomic E-state index is -3.38. The van der Waals surface area contributed by atoms with E-state index in [2.05, 4.69) is 28.9 Å². The van der Waals surface area contributed by atoms with Gasteiger partial charge in [-0.15, -0.1) is 11.3 Å². The first kappa shape index (κ1) is 14.2. The molecule has 0 amide bonds. The summed E-state index contributed by atoms with van der Waals surface area (Å²) in [5.41, 5.74) is 2.38. The first-order valence-corrected chi connectivity index (χ1v) is 8.48. The van der Waals surface area contributed by atoms with Crippen molar-refractivity contribution in [3.8, 4) is 11.1 Å². The number of nitrogens with one attached hydrogen (secondary N) is 1. The zero-order valence-corrected chi connectivity index (χ0v) is 12.0. The van der Waals surface area contributed by atoms with Crippen LogP contribution >= 0.6 is 11.3 Å². The highest BCUT2D eigenvalue weighted by Crippen LogP contribution is 2.25. The predicted molar refractivity (Wildman–Crippen MR) is 79.4 cm³/mol. The minimum absolute atomic E-state index is 0.0378. The summed E-state index contributed by atoms with van der Waals surface area (Å²) in [6, 6.07) is 12.3. The molecule has 0 spiro atoms. The summed E-state index contributed by atoms with van der Waals surface area (Å²) in [5, 5.41) is 10.1. The highest BCUT2D eigenvalue weighted by Gasteiger charge is 2.04. The van der Waals surface area contributed by atoms with Gasteiger partial charge in [0.05, 0.1) is 5.75 Å². The largest absolute Gasteiger partial charge is 0.311 e. The molecule has 2 aromatic rings. The Morgan fingerprint density at radius 1 is 1.16 bits per heavy atom. The molecule has 0 aliphatic rings. The smallest absolute Gasteiger partial charge is 0.210 e. The average molecular weight is 296 g/mol. The lowest BCUT2D eigenvalue weighted by molar-refractivity contribution is 0.592. The molecule has 0 saturated heterocycles. The molecule has 0 bridgehead atoms. The summed E-state index contributed by atoms with van der Waals surface area (Å²) in [5.74, 6) is -0.0378. The van der Waals surface area contributed by atoms with Crippen LogP contribution in [0.25, 0.3) is 11.1 Å². The van der Waals surface area contributed by atoms with E-state index in [1.807, 2.05) is 18.2 Å². The molecule has 0 saturated carbocycles. The molecular formula is C13H16N2O2S2. The van der Waals surface area contributed by atoms with Gasteiger partial charge in [-0.25, -0.2) is 13.6 Å². The monoisotopic (exact) mass is 296 g/mol. The third-order valence-corrected chi connectivity index (χ3v) is 4.33. The Morgan fingerprint density at radius 2 is 1.89 bits per heavy atom. The molecule has 19 heavy (non-hydrogen) atoms. The van der Waals surface area contributed by atoms with Crippen molar-refractivity contribution in [2.24, 2.45) is 5.14 Å². The molecule has 0 radical (unpaired) electrons. The Hall–Kier alpha value is -1.21. The Bertz CT molecular complexity index is 621. The molecule has 0 aliphatic carbocycles. The van der Waals surface area contributed by atoms with Crippen molar-refractivity contribution in [2.75, 3.05) is 12.3 Å². The van der Waals surface area contributed by atoms with Gasteiger partial charge in [0, 0.05) is 18.0 Å². The second-order valence-electron chi connectivity index (χ2n) is 4.21. The van der Waals surface area contributed by atoms with E-state index in [9.17, 15) is 8.42 Å². The number of primary sulfonamides is 1. The summed E-state index contributed by atoms with van der Waals surface area (Å²) < 4.78 is 21.5. The normalized spacial score (nSPS) is 11.6. The first-order valence-electron chi connectivity index (χ1n) is 5.88. The van der Waals surface area contributed by atoms with Crippen molar-refractivity contribution in [3.63, 3.8) is 0 Å². The molecular weight excluding hydrogens is 280 g/mol. The molecule has 1 heterocycles. The topological polar surface area (TPSA) is 72.2 Å². The fraction of sp³-hybridized carbons (Fsp3) is 0.231. The number of hydrogen-bond donors (Lipinski definition) is 2. The van der Waals surface area contributed by atoms with Crippen LogP contribution in [0.2, 0.25) is 0 Å². The van der Waals surface area contributed by atoms with E-state index < -0.39 is 10.0 Å². The van der Waals surface area contributed by atoms with E-state index >= 15 is 0 Å². The fourth-order valence-electron chi connectivity index (χ4n) is 1.68. The molecule has 0 aliphatic heterocycles. The van der Waals surface area contributed by atoms with E-state index in [-0.39, 0.29) is 5.75 Å². The summed E-state index contributed by atoms with van der Waals surface area (Å²) in [7, 11) is -3.38. The standard InChI is InChI=1S/C13H16N2O2S2/c14-19(16,17)7-6-15-9-13-8-12(10-18-13)11-4-2-1-3-5-11/h1-5,8,10,15H,6-7,9H2,(H2,14,16,17). The Kier molecular flexibility index (Phi) is 4.71. The van der Waals surface area contributed by atoms with Crippen molar-refractivity contribution in [3.05, 3.63) is 46.7 Å². The Morgan fingerprint density at radius 3 is 2.58 bits per heavy atom. The molecule has 1 aromatic heterocycles. The summed E-state index contributed by atoms with van der Waals surface area (Å²) >= 11 is 1.66. The van der Waals surface area contributed by atoms with Crippen LogP contribution in [0, 0.1) is 0 Å². The van der Waals surface area contributed by atoms with Crippen molar-refractivity contribution in [1.29, 1.82) is 0 Å². The second kappa shape index (κ2) is 6.29. The van der Waals surface area contributed by atoms with E-state index in [0.29, 0.717) is 13.1 Å². The third-order valence-electron chi connectivity index (χ3n) is 2.62. The van der Waals surface area contributed by atoms with Gasteiger partial charge in [-0.2, -0.15) is 0 Å². The molecule has 0 fully saturated rings. The Balaban J connectivity index is 1.88. The van der Waals surface area contributed by atoms with Gasteiger partial charge in [0.15, 0.2) is 0 Å². The fourth-order valence-corrected chi connectivity index (χ4v) is 2.97. The van der Waals surface area contributed by atoms with Crippen LogP contribution in [0.15, 0.2) is 41.8 Å². The van der Waals surface area contributed by atoms with Gasteiger partial charge < -0.3 is 5.32 Å². The third kappa shape index (κ3) is 4.76. The maximum atomic E-state index is 10.8. The van der Waals surface area contributed by atoms with Crippen LogP contribution in [-0.4, -0.2) is 20.7 Å². The zero-order chi connectivity index (χ0) is 13.7. The van der Waals surface area contributed by atoms with Gasteiger partial charge in [0.25, 0.3) is 0 Å². The average Bonchev–Trinajstić information content (AvgIpc) is 2.83. The molecule has 0 atom stereocenters. The molecule has 1 aromatic carbocycles. The van der Waals surface area contributed by atoms with Crippen LogP contribution in [0.5, 0.6) is 0 Å². The highest BCUT2D eigenvalue weighted by atomic mass is 32.2. The maximum Gasteiger partial charge on any atom is 0.210 e. The second-order valence-corrected chi connectivity index (χ2v) is 6.94. The van der Waals surface area contributed by atoms with Gasteiger partial charge in [-0.3, -0.25) is 0 Å². The van der Waals surface area contributed by atoms with Crippen molar-refractivity contribution < 1.29 is 8.42 Å². The lowest BCUT2D eigenvalue weighted by Gasteiger charge is -2.01. The number of hydrogen-bond acceptors (Lipinski definition) is 4. The lowest BCUT2D eigenvalue weighted by atomic mass is 10.1. The Labute approximate surface area is 117 Å². The SMILES string of the molecule is NS(=O)(=O)CCNCc1cc(-c2ccccc2)cs1. The van der Waals surface area contributed by atoms with Crippen LogP contribution in [0.1, 0.15) is 4.88 Å². The maximum absolute atomic E-state index is 10.8. The summed E-state index contributed by atoms with van der Waals surface area (Å²) in [6.07, 6.45) is 0. The van der Waals surface area contributed by atoms with Crippen LogP contribution in [0.3, 0.4) is 0 Å². The van der Waals surface area contributed by atoms with Gasteiger partial charge in [0.2, 0.25) is 10.0 Å². The number of thiophene rings is 1. The highest BCUT2D eigenvalue weighted by molar-refractivity contribution is 7.89. The van der Waals surface area contributed by atoms with Crippen molar-refractivity contribution >= 4 is 21.4 Å². The molecule has 102 valence electrons. The number of sulfonamides is 1. The minimum Gasteiger partial charge on any atom is -0.311 e. The predicted octanol–water partition coefficient (Wildman–Crippen LogP) is 1.79. The number of rotatable bonds is 6. The van der Waals surface area contributed by atoms with Gasteiger partial charge in [0.1, 0.15) is 0 Å². The van der Waals surface area contributed by atoms with Gasteiger partial charge in [-0.05, 0) is 22.6 Å². The molecule has 3 N–H and O–H groups in total. The van der Waals surface area contributed by atoms with Crippen LogP contribution in [-0.2, 0) is 16.6 Å². The number of benzene rings is 1. The van der Waals surface area contributed by atoms with E-state index in [0.717, 1.165) is 0 Å². The molecule has 4 nitrogen and oxygen atoms in total. The molecule has 0 unspecified atom stereocenters. The van der Waals surface area contributed by atoms with E-state index in [1.54, 1.807) is 11.3 Å². The summed E-state index contributed by atoms with van der Waals surface area (Å²) in [6.45, 7) is 1.03. The van der Waals surface area contributed by atoms with E-state index in [1.165, 1.54) is 16.0 Å². The van der Waals surface area contributed by atoms with Crippen LogP contribution < -0.4 is 10.5 Å². The molecule has 6 heteroatoms. The lowest BCUT2D eigenvalue weighted by Crippen LogP contribution is -2.26. The van der Waals surface area contributed by atoms with Gasteiger partial charge in [-0.1, -0.05) is 30.3 Å². The number of nitrogens with two attached hydrogens (primary N) is 1. The zero-order valence-electron chi connectivity index (χ0n) is 10.4. The van der Waals surface area contributed by atoms with Gasteiger partial charge >= 0.3 is 0 Å². The summed E-state index contributed by atoms with van der Waals surface area (Å²) in [4.78, 5) is 1.17. The van der Waals surface area contributed by atoms with Crippen molar-refractivity contribution in [1.82, 2.24) is 5.32 Å². The van der Waals surface area contributed by atoms with Crippen molar-refractivity contribution in [2.45, 2.75) is 6.54 Å². The molecule has 2 rings (SSSR count). The quantitative estimate of drug-likeness (QED) is 0.798.